The minimum atomic E-state index is -0.493. The van der Waals surface area contributed by atoms with Crippen LogP contribution in [-0.2, 0) is 56.9 Å². The first-order valence-electron chi connectivity index (χ1n) is 33.0. The largest absolute Gasteiger partial charge is 0.493 e. The van der Waals surface area contributed by atoms with Crippen molar-refractivity contribution in [1.82, 2.24) is 21.3 Å². The highest BCUT2D eigenvalue weighted by atomic mass is 16.6. The number of hydrogen-bond donors (Lipinski definition) is 4. The molecule has 94 heavy (non-hydrogen) atoms. The Morgan fingerprint density at radius 3 is 0.798 bits per heavy atom. The van der Waals surface area contributed by atoms with E-state index in [9.17, 15) is 39.4 Å². The maximum Gasteiger partial charge on any atom is 0.269 e. The average molecular weight is 1290 g/mol. The van der Waals surface area contributed by atoms with Crippen molar-refractivity contribution in [2.75, 3.05) is 52.6 Å². The smallest absolute Gasteiger partial charge is 0.269 e. The lowest BCUT2D eigenvalue weighted by Gasteiger charge is -2.29. The molecule has 0 spiro atoms. The number of rotatable bonds is 26. The lowest BCUT2D eigenvalue weighted by atomic mass is 9.79. The summed E-state index contributed by atoms with van der Waals surface area (Å²) in [5.74, 6) is 2.10. The van der Waals surface area contributed by atoms with Crippen molar-refractivity contribution in [3.05, 3.63) is 195 Å². The second kappa shape index (κ2) is 31.9. The molecule has 504 valence electrons. The molecule has 1 aliphatic rings. The third-order valence-electron chi connectivity index (χ3n) is 16.7. The van der Waals surface area contributed by atoms with Crippen LogP contribution < -0.4 is 40.2 Å². The highest BCUT2D eigenvalue weighted by Gasteiger charge is 2.30. The fraction of sp³-hybridized carbons (Fsp3) is 0.474. The van der Waals surface area contributed by atoms with E-state index in [0.29, 0.717) is 128 Å². The number of benzene rings is 6. The third-order valence-corrected chi connectivity index (χ3v) is 16.7. The lowest BCUT2D eigenvalue weighted by molar-refractivity contribution is -0.385. The van der Waals surface area contributed by atoms with Gasteiger partial charge in [-0.15, -0.1) is 0 Å². The van der Waals surface area contributed by atoms with Gasteiger partial charge in [-0.3, -0.25) is 39.4 Å². The summed E-state index contributed by atoms with van der Waals surface area (Å²) in [6, 6.07) is 29.3. The molecule has 0 radical (unpaired) electrons. The third kappa shape index (κ3) is 20.6. The number of hydrogen-bond acceptors (Lipinski definition) is 12. The Balaban J connectivity index is 1.42. The fourth-order valence-corrected chi connectivity index (χ4v) is 11.3. The van der Waals surface area contributed by atoms with Gasteiger partial charge < -0.3 is 40.2 Å². The van der Waals surface area contributed by atoms with Crippen molar-refractivity contribution in [1.29, 1.82) is 0 Å². The molecule has 18 nitrogen and oxygen atoms in total. The molecule has 0 heterocycles. The molecule has 0 aliphatic heterocycles. The first kappa shape index (κ1) is 72.6. The molecule has 0 unspecified atom stereocenters. The Labute approximate surface area is 555 Å². The Morgan fingerprint density at radius 2 is 0.585 bits per heavy atom. The van der Waals surface area contributed by atoms with Gasteiger partial charge in [0.05, 0.1) is 36.3 Å². The molecule has 0 fully saturated rings. The lowest BCUT2D eigenvalue weighted by Crippen LogP contribution is -2.24. The molecule has 6 aromatic carbocycles. The Hall–Kier alpha value is -8.80. The van der Waals surface area contributed by atoms with Crippen molar-refractivity contribution in [3.8, 4) is 23.0 Å². The predicted octanol–water partition coefficient (Wildman–Crippen LogP) is 14.4. The summed E-state index contributed by atoms with van der Waals surface area (Å²) in [7, 11) is 0. The van der Waals surface area contributed by atoms with E-state index in [1.54, 1.807) is 0 Å². The Morgan fingerprint density at radius 1 is 0.362 bits per heavy atom. The fourth-order valence-electron chi connectivity index (χ4n) is 11.3. The zero-order valence-electron chi connectivity index (χ0n) is 57.8. The van der Waals surface area contributed by atoms with E-state index in [0.717, 1.165) is 89.8 Å². The van der Waals surface area contributed by atoms with Crippen LogP contribution in [0.3, 0.4) is 0 Å². The van der Waals surface area contributed by atoms with Crippen molar-refractivity contribution in [3.63, 3.8) is 0 Å². The number of non-ortho nitro benzene ring substituents is 2. The molecule has 6 aromatic rings. The van der Waals surface area contributed by atoms with Gasteiger partial charge in [0, 0.05) is 101 Å². The summed E-state index contributed by atoms with van der Waals surface area (Å²) in [6.07, 6.45) is 5.19. The zero-order chi connectivity index (χ0) is 68.7. The van der Waals surface area contributed by atoms with Gasteiger partial charge in [0.2, 0.25) is 11.8 Å². The van der Waals surface area contributed by atoms with Crippen molar-refractivity contribution in [2.24, 2.45) is 0 Å². The van der Waals surface area contributed by atoms with Crippen LogP contribution in [0.4, 0.5) is 11.4 Å². The number of ether oxygens (including phenoxy) is 4. The molecular formula is C76H98N6O12. The first-order valence-corrected chi connectivity index (χ1v) is 33.0. The molecule has 0 atom stereocenters. The van der Waals surface area contributed by atoms with Gasteiger partial charge in [0.1, 0.15) is 23.0 Å². The van der Waals surface area contributed by atoms with Crippen LogP contribution in [0.2, 0.25) is 0 Å². The predicted molar refractivity (Wildman–Crippen MR) is 370 cm³/mol. The molecular weight excluding hydrogens is 1190 g/mol. The van der Waals surface area contributed by atoms with Crippen LogP contribution in [0.15, 0.2) is 97.1 Å². The summed E-state index contributed by atoms with van der Waals surface area (Å²) in [5.41, 5.74) is 11.5. The van der Waals surface area contributed by atoms with E-state index in [4.69, 9.17) is 18.9 Å². The molecule has 4 amide bonds. The normalized spacial score (nSPS) is 12.5. The molecule has 0 saturated carbocycles. The maximum atomic E-state index is 13.2. The van der Waals surface area contributed by atoms with Crippen molar-refractivity contribution in [2.45, 2.75) is 183 Å². The standard InChI is InChI=1S/C76H98N6O12/c1-49(83)77-31-19-35-93-69-57-37-53-41-61(73(3,4)5)43-55(67(53)91-33-17-15-29-79-71(85)51-21-25-65(26-22-51)81(87)88)39-59-47-64(76(12,13)14)48-60(70(59)94-36-20-32-78-50(2)84)40-56-44-62(74(6,7)8)42-54(38-58(69)46-63(45-57)75(9,10)11)68(56)92-34-18-16-30-80-72(86)52-23-27-66(28-24-52)82(89)90/h21-28,41-48H,15-20,29-40H2,1-14H3,(H,77,83)(H,78,84)(H,79,85)(H,80,86). The minimum absolute atomic E-state index is 0.0899. The molecule has 0 saturated heterocycles. The van der Waals surface area contributed by atoms with Crippen LogP contribution in [0, 0.1) is 20.2 Å². The number of carbonyl (C=O) groups excluding carboxylic acids is 4. The van der Waals surface area contributed by atoms with Crippen LogP contribution in [-0.4, -0.2) is 86.1 Å². The maximum absolute atomic E-state index is 13.2. The Bertz CT molecular complexity index is 3340. The van der Waals surface area contributed by atoms with E-state index in [2.05, 4.69) is 153 Å². The summed E-state index contributed by atoms with van der Waals surface area (Å²) in [4.78, 5) is 72.3. The summed E-state index contributed by atoms with van der Waals surface area (Å²) >= 11 is 0. The quantitative estimate of drug-likeness (QED) is 0.0225. The van der Waals surface area contributed by atoms with E-state index < -0.39 is 9.85 Å². The zero-order valence-corrected chi connectivity index (χ0v) is 57.8. The molecule has 0 aromatic heterocycles. The highest BCUT2D eigenvalue weighted by Crippen LogP contribution is 2.45. The highest BCUT2D eigenvalue weighted by molar-refractivity contribution is 5.95. The number of carbonyl (C=O) groups is 4. The SMILES string of the molecule is CC(=O)NCCCOc1c2cc(C(C)(C)C)cc1Cc1cc(C(C)(C)C)cc(c1OCCCCNC(=O)c1ccc([N+](=O)[O-])cc1)Cc1cc(C(C)(C)C)cc(c1OCCCNC(C)=O)Cc1cc(C(C)(C)C)cc(c1OCCCCNC(=O)c1ccc([N+](=O)[O-])cc1)C2. The number of amides is 4. The van der Waals surface area contributed by atoms with E-state index in [1.807, 2.05) is 0 Å². The van der Waals surface area contributed by atoms with Gasteiger partial charge in [-0.05, 0) is 151 Å². The summed E-state index contributed by atoms with van der Waals surface area (Å²) < 4.78 is 28.7. The van der Waals surface area contributed by atoms with Gasteiger partial charge in [0.25, 0.3) is 23.2 Å². The van der Waals surface area contributed by atoms with Crippen LogP contribution >= 0.6 is 0 Å². The second-order valence-electron chi connectivity index (χ2n) is 28.8. The van der Waals surface area contributed by atoms with E-state index >= 15 is 0 Å². The van der Waals surface area contributed by atoms with Crippen molar-refractivity contribution < 1.29 is 48.0 Å². The van der Waals surface area contributed by atoms with Gasteiger partial charge in [-0.2, -0.15) is 0 Å². The number of unbranched alkanes of at least 4 members (excludes halogenated alkanes) is 2. The number of nitrogens with zero attached hydrogens (tertiary/aromatic N) is 2. The minimum Gasteiger partial charge on any atom is -0.493 e. The summed E-state index contributed by atoms with van der Waals surface area (Å²) in [5, 5.41) is 34.4. The topological polar surface area (TPSA) is 240 Å². The van der Waals surface area contributed by atoms with Gasteiger partial charge in [-0.25, -0.2) is 0 Å². The Kier molecular flexibility index (Phi) is 24.6. The van der Waals surface area contributed by atoms with Gasteiger partial charge in [0.15, 0.2) is 0 Å². The second-order valence-corrected chi connectivity index (χ2v) is 28.8. The number of nitro groups is 2. The number of fused-ring (bicyclic) bond motifs is 8. The number of nitrogens with one attached hydrogen (secondary N) is 4. The van der Waals surface area contributed by atoms with Gasteiger partial charge >= 0.3 is 0 Å². The van der Waals surface area contributed by atoms with Crippen LogP contribution in [0.25, 0.3) is 0 Å². The molecule has 8 bridgehead atoms. The monoisotopic (exact) mass is 1290 g/mol. The summed E-state index contributed by atoms with van der Waals surface area (Å²) in [6.45, 7) is 32.5. The van der Waals surface area contributed by atoms with Crippen LogP contribution in [0.1, 0.15) is 223 Å². The van der Waals surface area contributed by atoms with Crippen LogP contribution in [0.5, 0.6) is 23.0 Å². The van der Waals surface area contributed by atoms with E-state index in [1.165, 1.54) is 62.4 Å². The average Bonchev–Trinajstić information content (AvgIpc) is 0.766. The first-order chi connectivity index (χ1) is 44.3. The molecule has 18 heteroatoms. The molecule has 1 aliphatic carbocycles. The molecule has 7 rings (SSSR count). The van der Waals surface area contributed by atoms with Crippen molar-refractivity contribution >= 4 is 35.0 Å². The molecule has 4 N–H and O–H groups in total. The van der Waals surface area contributed by atoms with E-state index in [-0.39, 0.29) is 56.7 Å². The van der Waals surface area contributed by atoms with Gasteiger partial charge in [-0.1, -0.05) is 132 Å². The number of nitro benzene ring substituents is 2.